The van der Waals surface area contributed by atoms with Gasteiger partial charge in [0.15, 0.2) is 0 Å². The first kappa shape index (κ1) is 16.3. The lowest BCUT2D eigenvalue weighted by molar-refractivity contribution is -0.128. The fraction of sp³-hybridized carbons (Fsp3) is 0.500. The second kappa shape index (κ2) is 8.38. The van der Waals surface area contributed by atoms with Gasteiger partial charge >= 0.3 is 6.09 Å². The SMILES string of the molecule is COCNC(=O)C1CCCCN1C(=O)OCc1ccccc1. The van der Waals surface area contributed by atoms with Crippen molar-refractivity contribution in [2.75, 3.05) is 20.4 Å². The number of amides is 2. The summed E-state index contributed by atoms with van der Waals surface area (Å²) in [6, 6.07) is 9.01. The standard InChI is InChI=1S/C16H22N2O4/c1-21-12-17-15(19)14-9-5-6-10-18(14)16(20)22-11-13-7-3-2-4-8-13/h2-4,7-8,14H,5-6,9-12H2,1H3,(H,17,19). The van der Waals surface area contributed by atoms with Crippen LogP contribution in [-0.4, -0.2) is 43.3 Å². The van der Waals surface area contributed by atoms with E-state index in [0.717, 1.165) is 18.4 Å². The van der Waals surface area contributed by atoms with Crippen molar-refractivity contribution in [3.63, 3.8) is 0 Å². The number of carbonyl (C=O) groups excluding carboxylic acids is 2. The van der Waals surface area contributed by atoms with E-state index in [1.54, 1.807) is 0 Å². The van der Waals surface area contributed by atoms with Gasteiger partial charge in [0.25, 0.3) is 0 Å². The van der Waals surface area contributed by atoms with Gasteiger partial charge in [0, 0.05) is 13.7 Å². The first-order valence-electron chi connectivity index (χ1n) is 7.46. The van der Waals surface area contributed by atoms with Crippen molar-refractivity contribution in [3.05, 3.63) is 35.9 Å². The maximum absolute atomic E-state index is 12.3. The van der Waals surface area contributed by atoms with E-state index in [-0.39, 0.29) is 19.2 Å². The molecule has 0 aliphatic carbocycles. The lowest BCUT2D eigenvalue weighted by Crippen LogP contribution is -2.52. The van der Waals surface area contributed by atoms with Crippen molar-refractivity contribution in [1.29, 1.82) is 0 Å². The van der Waals surface area contributed by atoms with E-state index in [9.17, 15) is 9.59 Å². The molecule has 1 saturated heterocycles. The van der Waals surface area contributed by atoms with Gasteiger partial charge in [0.05, 0.1) is 0 Å². The third-order valence-corrected chi connectivity index (χ3v) is 3.64. The summed E-state index contributed by atoms with van der Waals surface area (Å²) < 4.78 is 10.2. The Morgan fingerprint density at radius 3 is 2.77 bits per heavy atom. The van der Waals surface area contributed by atoms with E-state index in [4.69, 9.17) is 9.47 Å². The number of likely N-dealkylation sites (tertiary alicyclic amines) is 1. The van der Waals surface area contributed by atoms with Crippen LogP contribution in [0.2, 0.25) is 0 Å². The highest BCUT2D eigenvalue weighted by atomic mass is 16.6. The lowest BCUT2D eigenvalue weighted by Gasteiger charge is -2.33. The molecule has 120 valence electrons. The van der Waals surface area contributed by atoms with Gasteiger partial charge in [-0.25, -0.2) is 4.79 Å². The highest BCUT2D eigenvalue weighted by molar-refractivity contribution is 5.85. The summed E-state index contributed by atoms with van der Waals surface area (Å²) >= 11 is 0. The van der Waals surface area contributed by atoms with Crippen molar-refractivity contribution < 1.29 is 19.1 Å². The van der Waals surface area contributed by atoms with Crippen molar-refractivity contribution in [1.82, 2.24) is 10.2 Å². The predicted molar refractivity (Wildman–Crippen MR) is 81.0 cm³/mol. The van der Waals surface area contributed by atoms with Crippen LogP contribution in [0.3, 0.4) is 0 Å². The molecule has 1 aliphatic rings. The summed E-state index contributed by atoms with van der Waals surface area (Å²) in [5.74, 6) is -0.196. The summed E-state index contributed by atoms with van der Waals surface area (Å²) in [5.41, 5.74) is 0.924. The summed E-state index contributed by atoms with van der Waals surface area (Å²) in [4.78, 5) is 25.9. The number of hydrogen-bond acceptors (Lipinski definition) is 4. The van der Waals surface area contributed by atoms with Crippen LogP contribution in [0.1, 0.15) is 24.8 Å². The van der Waals surface area contributed by atoms with Crippen LogP contribution >= 0.6 is 0 Å². The minimum atomic E-state index is -0.479. The summed E-state index contributed by atoms with van der Waals surface area (Å²) in [6.45, 7) is 0.892. The van der Waals surface area contributed by atoms with Gasteiger partial charge in [-0.3, -0.25) is 9.69 Å². The lowest BCUT2D eigenvalue weighted by atomic mass is 10.0. The quantitative estimate of drug-likeness (QED) is 0.844. The van der Waals surface area contributed by atoms with Gasteiger partial charge in [-0.1, -0.05) is 30.3 Å². The molecule has 0 saturated carbocycles. The van der Waals surface area contributed by atoms with Crippen molar-refractivity contribution in [3.8, 4) is 0 Å². The number of methoxy groups -OCH3 is 1. The highest BCUT2D eigenvalue weighted by Gasteiger charge is 2.32. The third kappa shape index (κ3) is 4.46. The summed E-state index contributed by atoms with van der Waals surface area (Å²) in [7, 11) is 1.51. The van der Waals surface area contributed by atoms with Crippen LogP contribution in [0.25, 0.3) is 0 Å². The average Bonchev–Trinajstić information content (AvgIpc) is 2.58. The van der Waals surface area contributed by atoms with Crippen LogP contribution in [0.5, 0.6) is 0 Å². The first-order valence-corrected chi connectivity index (χ1v) is 7.46. The largest absolute Gasteiger partial charge is 0.445 e. The zero-order valence-electron chi connectivity index (χ0n) is 12.8. The van der Waals surface area contributed by atoms with Crippen LogP contribution in [0.4, 0.5) is 4.79 Å². The molecule has 1 unspecified atom stereocenters. The Morgan fingerprint density at radius 2 is 2.05 bits per heavy atom. The van der Waals surface area contributed by atoms with Gasteiger partial charge in [0.1, 0.15) is 19.4 Å². The fourth-order valence-electron chi connectivity index (χ4n) is 2.49. The van der Waals surface area contributed by atoms with Gasteiger partial charge in [-0.2, -0.15) is 0 Å². The Balaban J connectivity index is 1.91. The minimum absolute atomic E-state index is 0.141. The van der Waals surface area contributed by atoms with Crippen molar-refractivity contribution >= 4 is 12.0 Å². The van der Waals surface area contributed by atoms with Gasteiger partial charge < -0.3 is 14.8 Å². The smallest absolute Gasteiger partial charge is 0.410 e. The molecule has 1 aromatic carbocycles. The number of rotatable bonds is 5. The Hall–Kier alpha value is -2.08. The monoisotopic (exact) mass is 306 g/mol. The number of benzene rings is 1. The molecule has 1 heterocycles. The Labute approximate surface area is 130 Å². The van der Waals surface area contributed by atoms with Crippen LogP contribution in [0.15, 0.2) is 30.3 Å². The van der Waals surface area contributed by atoms with Crippen molar-refractivity contribution in [2.24, 2.45) is 0 Å². The summed E-state index contributed by atoms with van der Waals surface area (Å²) in [6.07, 6.45) is 2.01. The van der Waals surface area contributed by atoms with Gasteiger partial charge in [0.2, 0.25) is 5.91 Å². The van der Waals surface area contributed by atoms with Crippen molar-refractivity contribution in [2.45, 2.75) is 31.9 Å². The first-order chi connectivity index (χ1) is 10.7. The zero-order valence-corrected chi connectivity index (χ0v) is 12.8. The van der Waals surface area contributed by atoms with Gasteiger partial charge in [-0.15, -0.1) is 0 Å². The number of nitrogens with zero attached hydrogens (tertiary/aromatic N) is 1. The predicted octanol–water partition coefficient (Wildman–Crippen LogP) is 1.90. The molecule has 6 nitrogen and oxygen atoms in total. The molecule has 1 N–H and O–H groups in total. The zero-order chi connectivity index (χ0) is 15.8. The average molecular weight is 306 g/mol. The molecule has 0 bridgehead atoms. The number of nitrogens with one attached hydrogen (secondary N) is 1. The third-order valence-electron chi connectivity index (χ3n) is 3.64. The molecular formula is C16H22N2O4. The molecule has 0 radical (unpaired) electrons. The van der Waals surface area contributed by atoms with E-state index in [0.29, 0.717) is 13.0 Å². The number of carbonyl (C=O) groups is 2. The van der Waals surface area contributed by atoms with E-state index in [1.807, 2.05) is 30.3 Å². The fourth-order valence-corrected chi connectivity index (χ4v) is 2.49. The Bertz CT molecular complexity index is 492. The molecule has 0 aromatic heterocycles. The number of ether oxygens (including phenoxy) is 2. The molecular weight excluding hydrogens is 284 g/mol. The van der Waals surface area contributed by atoms with E-state index in [2.05, 4.69) is 5.32 Å². The van der Waals surface area contributed by atoms with E-state index in [1.165, 1.54) is 12.0 Å². The Kier molecular flexibility index (Phi) is 6.21. The molecule has 1 aromatic rings. The minimum Gasteiger partial charge on any atom is -0.445 e. The van der Waals surface area contributed by atoms with Crippen LogP contribution < -0.4 is 5.32 Å². The molecule has 1 aliphatic heterocycles. The number of piperidine rings is 1. The van der Waals surface area contributed by atoms with E-state index < -0.39 is 12.1 Å². The summed E-state index contributed by atoms with van der Waals surface area (Å²) in [5, 5.41) is 2.65. The topological polar surface area (TPSA) is 67.9 Å². The molecule has 22 heavy (non-hydrogen) atoms. The molecule has 0 spiro atoms. The highest BCUT2D eigenvalue weighted by Crippen LogP contribution is 2.18. The molecule has 2 amide bonds. The molecule has 2 rings (SSSR count). The second-order valence-electron chi connectivity index (χ2n) is 5.22. The molecule has 1 atom stereocenters. The van der Waals surface area contributed by atoms with Gasteiger partial charge in [-0.05, 0) is 24.8 Å². The van der Waals surface area contributed by atoms with Crippen LogP contribution in [-0.2, 0) is 20.9 Å². The maximum Gasteiger partial charge on any atom is 0.410 e. The Morgan fingerprint density at radius 1 is 1.27 bits per heavy atom. The second-order valence-corrected chi connectivity index (χ2v) is 5.22. The molecule has 6 heteroatoms. The normalized spacial score (nSPS) is 17.9. The maximum atomic E-state index is 12.3. The molecule has 1 fully saturated rings. The van der Waals surface area contributed by atoms with E-state index >= 15 is 0 Å². The number of hydrogen-bond donors (Lipinski definition) is 1. The van der Waals surface area contributed by atoms with Crippen LogP contribution in [0, 0.1) is 0 Å².